The summed E-state index contributed by atoms with van der Waals surface area (Å²) in [5.41, 5.74) is 2.49. The van der Waals surface area contributed by atoms with Crippen molar-refractivity contribution in [2.45, 2.75) is 6.42 Å². The fourth-order valence-electron chi connectivity index (χ4n) is 1.50. The maximum absolute atomic E-state index is 4.02. The van der Waals surface area contributed by atoms with Crippen LogP contribution in [0.5, 0.6) is 0 Å². The second kappa shape index (κ2) is 3.58. The number of nitrogens with zero attached hydrogens (tertiary/aromatic N) is 1. The highest BCUT2D eigenvalue weighted by atomic mass is 15.1. The van der Waals surface area contributed by atoms with Crippen molar-refractivity contribution >= 4 is 10.9 Å². The molecule has 0 aliphatic heterocycles. The lowest BCUT2D eigenvalue weighted by Gasteiger charge is -2.01. The van der Waals surface area contributed by atoms with E-state index in [0.29, 0.717) is 0 Å². The van der Waals surface area contributed by atoms with Gasteiger partial charge >= 0.3 is 0 Å². The fraction of sp³-hybridized carbons (Fsp3) is 0.300. The van der Waals surface area contributed by atoms with Crippen molar-refractivity contribution in [1.82, 2.24) is 15.5 Å². The average Bonchev–Trinajstić information content (AvgIpc) is 2.62. The quantitative estimate of drug-likeness (QED) is 0.738. The lowest BCUT2D eigenvalue weighted by Crippen LogP contribution is -2.10. The summed E-state index contributed by atoms with van der Waals surface area (Å²) < 4.78 is 0. The number of aromatic nitrogens is 2. The lowest BCUT2D eigenvalue weighted by molar-refractivity contribution is 0.793. The highest BCUT2D eigenvalue weighted by molar-refractivity contribution is 5.81. The Morgan fingerprint density at radius 1 is 1.46 bits per heavy atom. The molecule has 0 radical (unpaired) electrons. The number of nitrogens with one attached hydrogen (secondary N) is 2. The topological polar surface area (TPSA) is 40.7 Å². The molecule has 3 nitrogen and oxygen atoms in total. The van der Waals surface area contributed by atoms with Crippen LogP contribution < -0.4 is 5.32 Å². The van der Waals surface area contributed by atoms with E-state index < -0.39 is 0 Å². The van der Waals surface area contributed by atoms with Crippen LogP contribution in [-0.2, 0) is 6.42 Å². The fourth-order valence-corrected chi connectivity index (χ4v) is 1.50. The molecule has 3 heteroatoms. The Labute approximate surface area is 77.2 Å². The van der Waals surface area contributed by atoms with E-state index in [1.54, 1.807) is 0 Å². The van der Waals surface area contributed by atoms with Crippen LogP contribution in [-0.4, -0.2) is 23.8 Å². The van der Waals surface area contributed by atoms with Gasteiger partial charge in [-0.2, -0.15) is 5.10 Å². The van der Waals surface area contributed by atoms with Crippen molar-refractivity contribution in [3.8, 4) is 0 Å². The van der Waals surface area contributed by atoms with Crippen LogP contribution in [0.4, 0.5) is 0 Å². The van der Waals surface area contributed by atoms with E-state index in [2.05, 4.69) is 33.7 Å². The zero-order valence-electron chi connectivity index (χ0n) is 7.67. The molecule has 0 saturated heterocycles. The van der Waals surface area contributed by atoms with E-state index in [9.17, 15) is 0 Å². The third-order valence-electron chi connectivity index (χ3n) is 2.21. The minimum Gasteiger partial charge on any atom is -0.319 e. The number of hydrogen-bond donors (Lipinski definition) is 2. The number of likely N-dealkylation sites (N-methyl/N-ethyl adjacent to an activating group) is 1. The summed E-state index contributed by atoms with van der Waals surface area (Å²) in [6.45, 7) is 0.998. The van der Waals surface area contributed by atoms with Crippen molar-refractivity contribution in [2.75, 3.05) is 13.6 Å². The summed E-state index contributed by atoms with van der Waals surface area (Å²) >= 11 is 0. The van der Waals surface area contributed by atoms with Crippen molar-refractivity contribution in [3.05, 3.63) is 30.0 Å². The van der Waals surface area contributed by atoms with Crippen LogP contribution in [0.1, 0.15) is 5.56 Å². The highest BCUT2D eigenvalue weighted by Crippen LogP contribution is 2.15. The summed E-state index contributed by atoms with van der Waals surface area (Å²) in [5, 5.41) is 11.4. The van der Waals surface area contributed by atoms with Crippen LogP contribution in [0.15, 0.2) is 24.4 Å². The molecule has 0 atom stereocenters. The number of rotatable bonds is 3. The molecule has 0 fully saturated rings. The van der Waals surface area contributed by atoms with Crippen LogP contribution >= 0.6 is 0 Å². The molecule has 2 N–H and O–H groups in total. The molecule has 0 bridgehead atoms. The van der Waals surface area contributed by atoms with Crippen molar-refractivity contribution < 1.29 is 0 Å². The van der Waals surface area contributed by atoms with Gasteiger partial charge < -0.3 is 5.32 Å². The van der Waals surface area contributed by atoms with Gasteiger partial charge in [0.15, 0.2) is 0 Å². The average molecular weight is 175 g/mol. The smallest absolute Gasteiger partial charge is 0.0682 e. The first-order valence-electron chi connectivity index (χ1n) is 4.47. The van der Waals surface area contributed by atoms with Gasteiger partial charge in [0.1, 0.15) is 0 Å². The molecule has 0 unspecified atom stereocenters. The Morgan fingerprint density at radius 3 is 3.23 bits per heavy atom. The molecule has 0 aliphatic rings. The first-order valence-corrected chi connectivity index (χ1v) is 4.47. The van der Waals surface area contributed by atoms with E-state index in [4.69, 9.17) is 0 Å². The summed E-state index contributed by atoms with van der Waals surface area (Å²) in [5.74, 6) is 0. The normalized spacial score (nSPS) is 10.8. The molecule has 1 aromatic carbocycles. The minimum absolute atomic E-state index is 0.998. The van der Waals surface area contributed by atoms with Crippen LogP contribution in [0.25, 0.3) is 10.9 Å². The maximum atomic E-state index is 4.02. The van der Waals surface area contributed by atoms with E-state index in [1.807, 2.05) is 13.2 Å². The molecule has 68 valence electrons. The van der Waals surface area contributed by atoms with Crippen molar-refractivity contribution in [2.24, 2.45) is 0 Å². The molecule has 0 spiro atoms. The van der Waals surface area contributed by atoms with E-state index in [-0.39, 0.29) is 0 Å². The Bertz CT molecular complexity index is 392. The third-order valence-corrected chi connectivity index (χ3v) is 2.21. The largest absolute Gasteiger partial charge is 0.319 e. The Balaban J connectivity index is 2.37. The van der Waals surface area contributed by atoms with Gasteiger partial charge in [-0.05, 0) is 25.6 Å². The van der Waals surface area contributed by atoms with Gasteiger partial charge in [-0.15, -0.1) is 0 Å². The summed E-state index contributed by atoms with van der Waals surface area (Å²) in [6, 6.07) is 6.28. The monoisotopic (exact) mass is 175 g/mol. The first kappa shape index (κ1) is 8.26. The molecular weight excluding hydrogens is 162 g/mol. The number of para-hydroxylation sites is 1. The van der Waals surface area contributed by atoms with E-state index >= 15 is 0 Å². The maximum Gasteiger partial charge on any atom is 0.0682 e. The number of aromatic amines is 1. The Kier molecular flexibility index (Phi) is 2.27. The lowest BCUT2D eigenvalue weighted by atomic mass is 10.1. The van der Waals surface area contributed by atoms with Gasteiger partial charge in [-0.3, -0.25) is 5.10 Å². The van der Waals surface area contributed by atoms with Gasteiger partial charge in [0.2, 0.25) is 0 Å². The third kappa shape index (κ3) is 1.55. The van der Waals surface area contributed by atoms with Crippen LogP contribution in [0.2, 0.25) is 0 Å². The van der Waals surface area contributed by atoms with Gasteiger partial charge in [-0.1, -0.05) is 18.2 Å². The van der Waals surface area contributed by atoms with Crippen LogP contribution in [0.3, 0.4) is 0 Å². The van der Waals surface area contributed by atoms with E-state index in [0.717, 1.165) is 18.5 Å². The SMILES string of the molecule is CNCCc1cccc2cn[nH]c12. The number of hydrogen-bond acceptors (Lipinski definition) is 2. The molecule has 1 heterocycles. The minimum atomic E-state index is 0.998. The summed E-state index contributed by atoms with van der Waals surface area (Å²) in [7, 11) is 1.97. The molecule has 13 heavy (non-hydrogen) atoms. The van der Waals surface area contributed by atoms with Crippen LogP contribution in [0, 0.1) is 0 Å². The summed E-state index contributed by atoms with van der Waals surface area (Å²) in [4.78, 5) is 0. The second-order valence-electron chi connectivity index (χ2n) is 3.10. The van der Waals surface area contributed by atoms with Gasteiger partial charge in [0, 0.05) is 5.39 Å². The zero-order valence-corrected chi connectivity index (χ0v) is 7.67. The van der Waals surface area contributed by atoms with Gasteiger partial charge in [0.25, 0.3) is 0 Å². The number of benzene rings is 1. The molecule has 0 amide bonds. The number of H-pyrrole nitrogens is 1. The highest BCUT2D eigenvalue weighted by Gasteiger charge is 2.00. The Hall–Kier alpha value is -1.35. The molecule has 0 aliphatic carbocycles. The van der Waals surface area contributed by atoms with Gasteiger partial charge in [-0.25, -0.2) is 0 Å². The number of fused-ring (bicyclic) bond motifs is 1. The predicted molar refractivity (Wildman–Crippen MR) is 53.7 cm³/mol. The molecule has 2 aromatic rings. The van der Waals surface area contributed by atoms with Crippen molar-refractivity contribution in [1.29, 1.82) is 0 Å². The predicted octanol–water partition coefficient (Wildman–Crippen LogP) is 1.32. The van der Waals surface area contributed by atoms with Crippen molar-refractivity contribution in [3.63, 3.8) is 0 Å². The Morgan fingerprint density at radius 2 is 2.38 bits per heavy atom. The molecular formula is C10H13N3. The zero-order chi connectivity index (χ0) is 9.10. The second-order valence-corrected chi connectivity index (χ2v) is 3.10. The molecule has 0 saturated carbocycles. The molecule has 2 rings (SSSR count). The summed E-state index contributed by atoms with van der Waals surface area (Å²) in [6.07, 6.45) is 2.90. The van der Waals surface area contributed by atoms with Gasteiger partial charge in [0.05, 0.1) is 11.7 Å². The molecule has 1 aromatic heterocycles. The first-order chi connectivity index (χ1) is 6.42. The standard InChI is InChI=1S/C10H13N3/c1-11-6-5-8-3-2-4-9-7-12-13-10(8)9/h2-4,7,11H,5-6H2,1H3,(H,12,13). The van der Waals surface area contributed by atoms with E-state index in [1.165, 1.54) is 10.9 Å².